The van der Waals surface area contributed by atoms with E-state index in [1.54, 1.807) is 18.2 Å². The summed E-state index contributed by atoms with van der Waals surface area (Å²) in [5.74, 6) is 4.98. The first-order chi connectivity index (χ1) is 15.8. The molecule has 0 aliphatic carbocycles. The first kappa shape index (κ1) is 23.0. The van der Waals surface area contributed by atoms with Crippen LogP contribution in [-0.2, 0) is 15.0 Å². The monoisotopic (exact) mass is 453 g/mol. The Bertz CT molecular complexity index is 1050. The van der Waals surface area contributed by atoms with Gasteiger partial charge in [-0.3, -0.25) is 25.1 Å². The zero-order chi connectivity index (χ0) is 23.8. The Morgan fingerprint density at radius 3 is 2.73 bits per heavy atom. The van der Waals surface area contributed by atoms with Crippen LogP contribution in [0.15, 0.2) is 41.6 Å². The minimum Gasteiger partial charge on any atom is -0.344 e. The number of benzene rings is 1. The summed E-state index contributed by atoms with van der Waals surface area (Å²) in [5, 5.41) is 11.3. The molecule has 1 unspecified atom stereocenters. The number of unbranched alkanes of at least 4 members (excludes halogenated alkanes) is 3. The maximum absolute atomic E-state index is 12.7. The van der Waals surface area contributed by atoms with Crippen LogP contribution in [0, 0.1) is 10.1 Å². The van der Waals surface area contributed by atoms with E-state index in [0.717, 1.165) is 61.2 Å². The highest BCUT2D eigenvalue weighted by Crippen LogP contribution is 2.52. The largest absolute Gasteiger partial charge is 0.344 e. The molecule has 1 aromatic rings. The molecule has 1 aromatic carbocycles. The number of fused-ring (bicyclic) bond motifs is 4. The molecule has 4 rings (SSSR count). The van der Waals surface area contributed by atoms with Crippen LogP contribution in [0.5, 0.6) is 0 Å². The van der Waals surface area contributed by atoms with Gasteiger partial charge >= 0.3 is 0 Å². The van der Waals surface area contributed by atoms with E-state index < -0.39 is 5.41 Å². The van der Waals surface area contributed by atoms with Gasteiger partial charge in [-0.2, -0.15) is 0 Å². The Morgan fingerprint density at radius 1 is 1.24 bits per heavy atom. The number of hydrazine groups is 1. The lowest BCUT2D eigenvalue weighted by Crippen LogP contribution is -2.49. The van der Waals surface area contributed by atoms with E-state index in [1.807, 2.05) is 17.0 Å². The summed E-state index contributed by atoms with van der Waals surface area (Å²) < 4.78 is 0. The summed E-state index contributed by atoms with van der Waals surface area (Å²) in [4.78, 5) is 39.2. The van der Waals surface area contributed by atoms with Gasteiger partial charge in [0.05, 0.1) is 11.0 Å². The second-order valence-electron chi connectivity index (χ2n) is 9.44. The van der Waals surface area contributed by atoms with Gasteiger partial charge in [-0.15, -0.1) is 0 Å². The fourth-order valence-corrected chi connectivity index (χ4v) is 5.46. The summed E-state index contributed by atoms with van der Waals surface area (Å²) in [6.45, 7) is 5.65. The smallest absolute Gasteiger partial charge is 0.269 e. The molecule has 3 heterocycles. The number of carbonyl (C=O) groups is 2. The van der Waals surface area contributed by atoms with Gasteiger partial charge in [0.1, 0.15) is 0 Å². The fourth-order valence-electron chi connectivity index (χ4n) is 5.46. The van der Waals surface area contributed by atoms with Gasteiger partial charge in [0, 0.05) is 54.5 Å². The van der Waals surface area contributed by atoms with E-state index in [1.165, 1.54) is 0 Å². The number of nitrogens with zero attached hydrogens (tertiary/aromatic N) is 3. The summed E-state index contributed by atoms with van der Waals surface area (Å²) >= 11 is 0. The summed E-state index contributed by atoms with van der Waals surface area (Å²) in [7, 11) is 0. The highest BCUT2D eigenvalue weighted by Gasteiger charge is 2.47. The van der Waals surface area contributed by atoms with Crippen molar-refractivity contribution in [2.75, 3.05) is 18.0 Å². The standard InChI is InChI=1S/C24H31N5O4/c1-24(2)18-15-16(29(32)33)8-10-20(18)28-14-12-19-17(23(24)28)9-11-22(31)27(19)13-6-4-3-5-7-21(30)26-25/h8-11,15,19H,3-7,12-14,25H2,1-2H3,(H,26,30). The Morgan fingerprint density at radius 2 is 2.00 bits per heavy atom. The van der Waals surface area contributed by atoms with Crippen LogP contribution < -0.4 is 16.2 Å². The van der Waals surface area contributed by atoms with Crippen LogP contribution >= 0.6 is 0 Å². The number of anilines is 1. The molecular formula is C24H31N5O4. The second kappa shape index (κ2) is 8.97. The maximum atomic E-state index is 12.7. The van der Waals surface area contributed by atoms with Gasteiger partial charge in [-0.25, -0.2) is 5.84 Å². The van der Waals surface area contributed by atoms with Crippen molar-refractivity contribution in [2.24, 2.45) is 5.84 Å². The molecule has 2 amide bonds. The molecule has 3 aliphatic rings. The third-order valence-corrected chi connectivity index (χ3v) is 7.05. The van der Waals surface area contributed by atoms with Crippen LogP contribution in [0.3, 0.4) is 0 Å². The van der Waals surface area contributed by atoms with Crippen LogP contribution in [0.4, 0.5) is 11.4 Å². The number of nitrogens with one attached hydrogen (secondary N) is 1. The Hall–Kier alpha value is -3.20. The lowest BCUT2D eigenvalue weighted by Gasteiger charge is -2.43. The van der Waals surface area contributed by atoms with Crippen molar-refractivity contribution in [1.29, 1.82) is 0 Å². The highest BCUT2D eigenvalue weighted by molar-refractivity contribution is 5.91. The highest BCUT2D eigenvalue weighted by atomic mass is 16.6. The third-order valence-electron chi connectivity index (χ3n) is 7.05. The van der Waals surface area contributed by atoms with E-state index >= 15 is 0 Å². The van der Waals surface area contributed by atoms with Crippen molar-refractivity contribution < 1.29 is 14.5 Å². The summed E-state index contributed by atoms with van der Waals surface area (Å²) in [6.07, 6.45) is 8.34. The van der Waals surface area contributed by atoms with Crippen LogP contribution in [0.25, 0.3) is 0 Å². The first-order valence-corrected chi connectivity index (χ1v) is 11.5. The SMILES string of the molecule is CC1(C)C2=C3C=CC(=O)N(CCCCCCC(=O)NN)C3CCN2c2ccc([N+](=O)[O-])cc21. The fraction of sp³-hybridized carbons (Fsp3) is 0.500. The molecule has 33 heavy (non-hydrogen) atoms. The van der Waals surface area contributed by atoms with E-state index in [-0.39, 0.29) is 28.5 Å². The lowest BCUT2D eigenvalue weighted by molar-refractivity contribution is -0.384. The zero-order valence-electron chi connectivity index (χ0n) is 19.2. The molecule has 176 valence electrons. The molecule has 0 bridgehead atoms. The van der Waals surface area contributed by atoms with Crippen molar-refractivity contribution in [3.63, 3.8) is 0 Å². The van der Waals surface area contributed by atoms with Crippen molar-refractivity contribution in [2.45, 2.75) is 63.8 Å². The molecule has 3 N–H and O–H groups in total. The van der Waals surface area contributed by atoms with Gasteiger partial charge < -0.3 is 9.80 Å². The molecule has 0 spiro atoms. The number of nitrogens with two attached hydrogens (primary N) is 1. The number of nitro benzene ring substituents is 1. The van der Waals surface area contributed by atoms with E-state index in [9.17, 15) is 19.7 Å². The maximum Gasteiger partial charge on any atom is 0.269 e. The van der Waals surface area contributed by atoms with Gasteiger partial charge in [-0.1, -0.05) is 26.7 Å². The molecular weight excluding hydrogens is 422 g/mol. The molecule has 1 atom stereocenters. The molecule has 0 aromatic heterocycles. The van der Waals surface area contributed by atoms with Crippen molar-refractivity contribution >= 4 is 23.2 Å². The van der Waals surface area contributed by atoms with Gasteiger partial charge in [-0.05, 0) is 42.5 Å². The van der Waals surface area contributed by atoms with Crippen molar-refractivity contribution in [3.8, 4) is 0 Å². The summed E-state index contributed by atoms with van der Waals surface area (Å²) in [5.41, 5.74) is 6.09. The number of hydrogen-bond acceptors (Lipinski definition) is 6. The zero-order valence-corrected chi connectivity index (χ0v) is 19.2. The number of rotatable bonds is 8. The van der Waals surface area contributed by atoms with Crippen molar-refractivity contribution in [3.05, 3.63) is 57.3 Å². The Balaban J connectivity index is 1.53. The van der Waals surface area contributed by atoms with E-state index in [2.05, 4.69) is 24.2 Å². The molecule has 3 aliphatic heterocycles. The average molecular weight is 454 g/mol. The van der Waals surface area contributed by atoms with E-state index in [0.29, 0.717) is 13.0 Å². The molecule has 0 saturated heterocycles. The van der Waals surface area contributed by atoms with Crippen LogP contribution in [0.1, 0.15) is 57.9 Å². The second-order valence-corrected chi connectivity index (χ2v) is 9.44. The van der Waals surface area contributed by atoms with Crippen LogP contribution in [0.2, 0.25) is 0 Å². The van der Waals surface area contributed by atoms with Crippen molar-refractivity contribution in [1.82, 2.24) is 10.3 Å². The normalized spacial score (nSPS) is 20.5. The summed E-state index contributed by atoms with van der Waals surface area (Å²) in [6, 6.07) is 5.12. The third kappa shape index (κ3) is 4.13. The van der Waals surface area contributed by atoms with Crippen LogP contribution in [-0.4, -0.2) is 40.8 Å². The molecule has 0 saturated carbocycles. The molecule has 0 radical (unpaired) electrons. The van der Waals surface area contributed by atoms with Gasteiger partial charge in [0.25, 0.3) is 5.69 Å². The minimum absolute atomic E-state index is 0.0142. The predicted molar refractivity (Wildman–Crippen MR) is 125 cm³/mol. The first-order valence-electron chi connectivity index (χ1n) is 11.5. The van der Waals surface area contributed by atoms with Gasteiger partial charge in [0.2, 0.25) is 11.8 Å². The Kier molecular flexibility index (Phi) is 6.25. The van der Waals surface area contributed by atoms with Gasteiger partial charge in [0.15, 0.2) is 0 Å². The predicted octanol–water partition coefficient (Wildman–Crippen LogP) is 3.06. The number of nitro groups is 1. The Labute approximate surface area is 193 Å². The number of carbonyl (C=O) groups excluding carboxylic acids is 2. The number of allylic oxidation sites excluding steroid dienone is 1. The number of hydrogen-bond donors (Lipinski definition) is 2. The molecule has 0 fully saturated rings. The lowest BCUT2D eigenvalue weighted by atomic mass is 9.78. The molecule has 9 nitrogen and oxygen atoms in total. The minimum atomic E-state index is -0.394. The number of amides is 2. The number of non-ortho nitro benzene ring substituents is 1. The molecule has 9 heteroatoms. The van der Waals surface area contributed by atoms with E-state index in [4.69, 9.17) is 5.84 Å². The topological polar surface area (TPSA) is 122 Å². The quantitative estimate of drug-likeness (QED) is 0.205. The average Bonchev–Trinajstić information content (AvgIpc) is 3.03.